The lowest BCUT2D eigenvalue weighted by molar-refractivity contribution is -0.140. The summed E-state index contributed by atoms with van der Waals surface area (Å²) < 4.78 is 41.1. The van der Waals surface area contributed by atoms with Gasteiger partial charge in [-0.3, -0.25) is 14.7 Å². The van der Waals surface area contributed by atoms with Crippen molar-refractivity contribution in [2.24, 2.45) is 18.9 Å². The number of alkyl halides is 3. The standard InChI is InChI=1S/C26H27ClF3N9O3/c1-38-19(15-8-33-37-21(15)26(28,29)30)9-32-22(38)24(41)34-12-2-3-14(18(27)6-12)23(40)36-20-16-10-39(11-17(16)20)25(42)35-13-4-5-31-7-13/h2-3,6,8-9,13,16-17,20,31H,4-5,7,10-11H2,1H3,(H,33,37)(H,34,41)(H,35,42)(H,36,40). The van der Waals surface area contributed by atoms with Crippen LogP contribution in [-0.4, -0.2) is 80.8 Å². The number of nitrogens with one attached hydrogen (secondary N) is 5. The second-order valence-electron chi connectivity index (χ2n) is 10.7. The highest BCUT2D eigenvalue weighted by Gasteiger charge is 2.57. The van der Waals surface area contributed by atoms with Gasteiger partial charge in [0.2, 0.25) is 0 Å². The van der Waals surface area contributed by atoms with E-state index >= 15 is 0 Å². The van der Waals surface area contributed by atoms with E-state index in [1.165, 1.54) is 29.8 Å². The molecular weight excluding hydrogens is 579 g/mol. The van der Waals surface area contributed by atoms with Gasteiger partial charge in [0, 0.05) is 56.3 Å². The van der Waals surface area contributed by atoms with Crippen molar-refractivity contribution < 1.29 is 27.6 Å². The number of hydrogen-bond acceptors (Lipinski definition) is 6. The number of fused-ring (bicyclic) bond motifs is 1. The molecule has 0 bridgehead atoms. The Morgan fingerprint density at radius 3 is 2.52 bits per heavy atom. The summed E-state index contributed by atoms with van der Waals surface area (Å²) in [4.78, 5) is 44.0. The van der Waals surface area contributed by atoms with Crippen LogP contribution < -0.4 is 21.3 Å². The fraction of sp³-hybridized carbons (Fsp3) is 0.423. The molecule has 1 saturated carbocycles. The number of carbonyl (C=O) groups is 3. The molecule has 3 aromatic rings. The third-order valence-corrected chi connectivity index (χ3v) is 8.34. The smallest absolute Gasteiger partial charge is 0.349 e. The van der Waals surface area contributed by atoms with Gasteiger partial charge in [-0.25, -0.2) is 9.78 Å². The molecule has 222 valence electrons. The van der Waals surface area contributed by atoms with Gasteiger partial charge in [0.25, 0.3) is 11.8 Å². The molecule has 5 N–H and O–H groups in total. The first kappa shape index (κ1) is 28.0. The molecule has 0 radical (unpaired) electrons. The number of rotatable bonds is 6. The highest BCUT2D eigenvalue weighted by Crippen LogP contribution is 2.45. The van der Waals surface area contributed by atoms with Crippen LogP contribution >= 0.6 is 11.6 Å². The van der Waals surface area contributed by atoms with Crippen molar-refractivity contribution in [2.75, 3.05) is 31.5 Å². The maximum Gasteiger partial charge on any atom is 0.433 e. The van der Waals surface area contributed by atoms with Crippen LogP contribution in [0, 0.1) is 11.8 Å². The van der Waals surface area contributed by atoms with Gasteiger partial charge in [0.15, 0.2) is 5.82 Å². The number of halogens is 4. The Labute approximate surface area is 242 Å². The Morgan fingerprint density at radius 1 is 1.10 bits per heavy atom. The van der Waals surface area contributed by atoms with Gasteiger partial charge < -0.3 is 30.7 Å². The molecule has 2 saturated heterocycles. The van der Waals surface area contributed by atoms with Crippen LogP contribution in [0.1, 0.15) is 33.1 Å². The van der Waals surface area contributed by atoms with E-state index in [4.69, 9.17) is 11.6 Å². The normalized spacial score (nSPS) is 23.0. The number of nitrogens with zero attached hydrogens (tertiary/aromatic N) is 4. The molecule has 4 heterocycles. The number of hydrogen-bond donors (Lipinski definition) is 5. The first-order chi connectivity index (χ1) is 20.0. The Bertz CT molecular complexity index is 1540. The highest BCUT2D eigenvalue weighted by molar-refractivity contribution is 6.34. The number of amides is 4. The van der Waals surface area contributed by atoms with Gasteiger partial charge in [-0.2, -0.15) is 18.3 Å². The van der Waals surface area contributed by atoms with Gasteiger partial charge in [-0.15, -0.1) is 0 Å². The summed E-state index contributed by atoms with van der Waals surface area (Å²) in [5, 5.41) is 17.4. The van der Waals surface area contributed by atoms with E-state index in [2.05, 4.69) is 31.3 Å². The monoisotopic (exact) mass is 605 g/mol. The van der Waals surface area contributed by atoms with Gasteiger partial charge in [-0.1, -0.05) is 11.6 Å². The highest BCUT2D eigenvalue weighted by atomic mass is 35.5. The summed E-state index contributed by atoms with van der Waals surface area (Å²) in [6.07, 6.45) is -1.58. The summed E-state index contributed by atoms with van der Waals surface area (Å²) in [5.74, 6) is -0.802. The molecule has 3 aliphatic rings. The first-order valence-electron chi connectivity index (χ1n) is 13.3. The van der Waals surface area contributed by atoms with E-state index in [9.17, 15) is 27.6 Å². The minimum Gasteiger partial charge on any atom is -0.349 e. The minimum atomic E-state index is -4.66. The van der Waals surface area contributed by atoms with Gasteiger partial charge in [-0.05, 0) is 31.2 Å². The predicted molar refractivity (Wildman–Crippen MR) is 145 cm³/mol. The Balaban J connectivity index is 1.04. The zero-order valence-corrected chi connectivity index (χ0v) is 23.0. The summed E-state index contributed by atoms with van der Waals surface area (Å²) in [7, 11) is 1.41. The summed E-state index contributed by atoms with van der Waals surface area (Å²) in [6.45, 7) is 2.82. The van der Waals surface area contributed by atoms with Crippen LogP contribution in [0.5, 0.6) is 0 Å². The van der Waals surface area contributed by atoms with Crippen LogP contribution in [0.2, 0.25) is 5.02 Å². The topological polar surface area (TPSA) is 149 Å². The molecule has 1 aliphatic carbocycles. The van der Waals surface area contributed by atoms with E-state index in [1.807, 2.05) is 5.10 Å². The number of aromatic nitrogens is 4. The lowest BCUT2D eigenvalue weighted by Crippen LogP contribution is -2.46. The number of anilines is 1. The number of H-pyrrole nitrogens is 1. The largest absolute Gasteiger partial charge is 0.433 e. The van der Waals surface area contributed by atoms with Crippen LogP contribution in [0.4, 0.5) is 23.7 Å². The van der Waals surface area contributed by atoms with Crippen LogP contribution in [0.3, 0.4) is 0 Å². The van der Waals surface area contributed by atoms with E-state index in [0.717, 1.165) is 31.9 Å². The number of urea groups is 1. The Kier molecular flexibility index (Phi) is 7.09. The van der Waals surface area contributed by atoms with E-state index in [0.29, 0.717) is 13.1 Å². The lowest BCUT2D eigenvalue weighted by atomic mass is 10.2. The van der Waals surface area contributed by atoms with Crippen molar-refractivity contribution in [3.63, 3.8) is 0 Å². The van der Waals surface area contributed by atoms with Crippen LogP contribution in [0.15, 0.2) is 30.6 Å². The van der Waals surface area contributed by atoms with Gasteiger partial charge in [0.05, 0.1) is 34.2 Å². The lowest BCUT2D eigenvalue weighted by Gasteiger charge is -2.23. The first-order valence-corrected chi connectivity index (χ1v) is 13.7. The summed E-state index contributed by atoms with van der Waals surface area (Å²) >= 11 is 6.37. The Hall–Kier alpha value is -4.11. The molecule has 42 heavy (non-hydrogen) atoms. The van der Waals surface area contributed by atoms with Crippen LogP contribution in [0.25, 0.3) is 11.3 Å². The van der Waals surface area contributed by atoms with E-state index in [1.54, 1.807) is 4.90 Å². The number of piperidine rings is 1. The number of likely N-dealkylation sites (tertiary alicyclic amines) is 1. The quantitative estimate of drug-likeness (QED) is 0.291. The van der Waals surface area contributed by atoms with Crippen molar-refractivity contribution >= 4 is 35.1 Å². The molecule has 12 nitrogen and oxygen atoms in total. The molecular formula is C26H27ClF3N9O3. The average Bonchev–Trinajstić information content (AvgIpc) is 3.56. The van der Waals surface area contributed by atoms with Gasteiger partial charge in [0.1, 0.15) is 5.69 Å². The molecule has 3 unspecified atom stereocenters. The number of imidazole rings is 1. The maximum absolute atomic E-state index is 13.3. The molecule has 6 rings (SSSR count). The molecule has 2 aromatic heterocycles. The second kappa shape index (κ2) is 10.6. The van der Waals surface area contributed by atoms with E-state index < -0.39 is 17.8 Å². The molecule has 4 amide bonds. The fourth-order valence-electron chi connectivity index (χ4n) is 5.71. The van der Waals surface area contributed by atoms with Crippen molar-refractivity contribution in [3.8, 4) is 11.3 Å². The van der Waals surface area contributed by atoms with Crippen molar-refractivity contribution in [2.45, 2.75) is 24.7 Å². The van der Waals surface area contributed by atoms with Crippen molar-refractivity contribution in [1.29, 1.82) is 0 Å². The van der Waals surface area contributed by atoms with Gasteiger partial charge >= 0.3 is 12.2 Å². The summed E-state index contributed by atoms with van der Waals surface area (Å²) in [6, 6.07) is 4.42. The summed E-state index contributed by atoms with van der Waals surface area (Å²) in [5.41, 5.74) is -0.749. The van der Waals surface area contributed by atoms with Crippen LogP contribution in [-0.2, 0) is 13.2 Å². The van der Waals surface area contributed by atoms with E-state index in [-0.39, 0.29) is 69.2 Å². The maximum atomic E-state index is 13.3. The van der Waals surface area contributed by atoms with Crippen molar-refractivity contribution in [1.82, 2.24) is 40.6 Å². The number of aromatic amines is 1. The number of benzene rings is 1. The predicted octanol–water partition coefficient (Wildman–Crippen LogP) is 2.47. The molecule has 3 atom stereocenters. The number of carbonyl (C=O) groups excluding carboxylic acids is 3. The third-order valence-electron chi connectivity index (χ3n) is 8.03. The zero-order valence-electron chi connectivity index (χ0n) is 22.3. The van der Waals surface area contributed by atoms with Crippen molar-refractivity contribution in [3.05, 3.63) is 52.7 Å². The fourth-order valence-corrected chi connectivity index (χ4v) is 5.98. The molecule has 0 spiro atoms. The average molecular weight is 606 g/mol. The molecule has 2 aliphatic heterocycles. The second-order valence-corrected chi connectivity index (χ2v) is 11.1. The zero-order chi connectivity index (χ0) is 29.8. The molecule has 3 fully saturated rings. The molecule has 16 heteroatoms. The third kappa shape index (κ3) is 5.29. The molecule has 1 aromatic carbocycles. The minimum absolute atomic E-state index is 0.0455. The Morgan fingerprint density at radius 2 is 1.86 bits per heavy atom. The SMILES string of the molecule is Cn1c(-c2cn[nH]c2C(F)(F)F)cnc1C(=O)Nc1ccc(C(=O)NC2C3CN(C(=O)NC4CCNC4)CC32)c(Cl)c1.